The maximum absolute atomic E-state index is 13.3. The van der Waals surface area contributed by atoms with E-state index in [0.717, 1.165) is 23.1 Å². The SMILES string of the molecule is CCCN(C(=O)[C@H]1COC(=O)N1)[C@H](CC)CCc1nc2c(-c3ccc(-c4ccccc4)nc3)cnn2c(N)c1S(C)(=O)=O. The molecule has 1 aromatic carbocycles. The van der Waals surface area contributed by atoms with E-state index in [2.05, 4.69) is 15.4 Å². The van der Waals surface area contributed by atoms with Crippen LogP contribution >= 0.6 is 0 Å². The quantitative estimate of drug-likeness (QED) is 0.261. The normalized spacial score (nSPS) is 15.7. The lowest BCUT2D eigenvalue weighted by molar-refractivity contribution is -0.135. The number of benzene rings is 1. The summed E-state index contributed by atoms with van der Waals surface area (Å²) in [6.07, 6.45) is 5.83. The summed E-state index contributed by atoms with van der Waals surface area (Å²) in [5, 5.41) is 6.92. The van der Waals surface area contributed by atoms with Crippen LogP contribution in [-0.4, -0.2) is 76.4 Å². The van der Waals surface area contributed by atoms with Gasteiger partial charge in [0.05, 0.1) is 17.6 Å². The van der Waals surface area contributed by atoms with Gasteiger partial charge in [-0.3, -0.25) is 9.78 Å². The van der Waals surface area contributed by atoms with Gasteiger partial charge in [-0.25, -0.2) is 18.2 Å². The molecule has 0 radical (unpaired) electrons. The third-order valence-electron chi connectivity index (χ3n) is 7.57. The Morgan fingerprint density at radius 1 is 1.16 bits per heavy atom. The second kappa shape index (κ2) is 12.4. The van der Waals surface area contributed by atoms with Crippen molar-refractivity contribution in [3.05, 3.63) is 60.6 Å². The van der Waals surface area contributed by atoms with Crippen LogP contribution in [0, 0.1) is 0 Å². The van der Waals surface area contributed by atoms with Crippen LogP contribution in [0.2, 0.25) is 0 Å². The van der Waals surface area contributed by atoms with E-state index in [-0.39, 0.29) is 35.7 Å². The van der Waals surface area contributed by atoms with E-state index in [0.29, 0.717) is 42.7 Å². The van der Waals surface area contributed by atoms with Gasteiger partial charge in [-0.1, -0.05) is 50.2 Å². The molecule has 43 heavy (non-hydrogen) atoms. The number of rotatable bonds is 11. The van der Waals surface area contributed by atoms with Gasteiger partial charge in [0, 0.05) is 41.7 Å². The molecule has 12 nitrogen and oxygen atoms in total. The molecule has 2 atom stereocenters. The highest BCUT2D eigenvalue weighted by Gasteiger charge is 2.35. The van der Waals surface area contributed by atoms with Gasteiger partial charge >= 0.3 is 6.09 Å². The standard InChI is InChI=1S/C30H35N7O5S/c1-4-15-36(29(38)25-18-42-30(39)35-25)21(5-2)12-14-24-26(43(3,40)41)27(31)37-28(34-24)22(17-33-37)20-11-13-23(32-16-20)19-9-7-6-8-10-19/h6-11,13,16-17,21,25H,4-5,12,14-15,18,31H2,1-3H3,(H,35,39)/t21-,25-/m1/s1. The van der Waals surface area contributed by atoms with Gasteiger partial charge in [0.25, 0.3) is 0 Å². The number of nitrogens with zero attached hydrogens (tertiary/aromatic N) is 5. The number of fused-ring (bicyclic) bond motifs is 1. The third-order valence-corrected chi connectivity index (χ3v) is 8.75. The highest BCUT2D eigenvalue weighted by atomic mass is 32.2. The van der Waals surface area contributed by atoms with Crippen molar-refractivity contribution in [3.63, 3.8) is 0 Å². The Bertz CT molecular complexity index is 1740. The van der Waals surface area contributed by atoms with Crippen LogP contribution in [0.5, 0.6) is 0 Å². The number of ether oxygens (including phenoxy) is 1. The highest BCUT2D eigenvalue weighted by Crippen LogP contribution is 2.31. The van der Waals surface area contributed by atoms with Gasteiger partial charge in [0.2, 0.25) is 5.91 Å². The summed E-state index contributed by atoms with van der Waals surface area (Å²) in [7, 11) is -3.77. The van der Waals surface area contributed by atoms with Crippen LogP contribution in [0.1, 0.15) is 38.8 Å². The first-order chi connectivity index (χ1) is 20.6. The number of nitrogen functional groups attached to an aromatic ring is 1. The number of aromatic nitrogens is 4. The van der Waals surface area contributed by atoms with E-state index in [1.54, 1.807) is 17.3 Å². The van der Waals surface area contributed by atoms with Crippen molar-refractivity contribution in [1.82, 2.24) is 29.8 Å². The molecule has 1 saturated heterocycles. The minimum absolute atomic E-state index is 0.0214. The summed E-state index contributed by atoms with van der Waals surface area (Å²) < 4.78 is 32.2. The molecule has 13 heteroatoms. The largest absolute Gasteiger partial charge is 0.447 e. The molecule has 226 valence electrons. The maximum atomic E-state index is 13.3. The van der Waals surface area contributed by atoms with E-state index >= 15 is 0 Å². The van der Waals surface area contributed by atoms with Crippen molar-refractivity contribution >= 4 is 33.3 Å². The van der Waals surface area contributed by atoms with Gasteiger partial charge in [0.15, 0.2) is 15.5 Å². The second-order valence-electron chi connectivity index (χ2n) is 10.6. The van der Waals surface area contributed by atoms with Crippen molar-refractivity contribution in [3.8, 4) is 22.4 Å². The minimum atomic E-state index is -3.77. The number of pyridine rings is 1. The van der Waals surface area contributed by atoms with Crippen LogP contribution in [0.25, 0.3) is 28.0 Å². The number of nitrogens with two attached hydrogens (primary N) is 1. The lowest BCUT2D eigenvalue weighted by Crippen LogP contribution is -2.50. The Morgan fingerprint density at radius 3 is 2.53 bits per heavy atom. The monoisotopic (exact) mass is 605 g/mol. The van der Waals surface area contributed by atoms with Gasteiger partial charge < -0.3 is 20.7 Å². The van der Waals surface area contributed by atoms with E-state index in [1.165, 1.54) is 4.52 Å². The molecule has 3 aromatic heterocycles. The first-order valence-electron chi connectivity index (χ1n) is 14.2. The average molecular weight is 606 g/mol. The van der Waals surface area contributed by atoms with E-state index in [9.17, 15) is 18.0 Å². The first-order valence-corrected chi connectivity index (χ1v) is 16.1. The lowest BCUT2D eigenvalue weighted by Gasteiger charge is -2.32. The fourth-order valence-corrected chi connectivity index (χ4v) is 6.52. The fourth-order valence-electron chi connectivity index (χ4n) is 5.47. The second-order valence-corrected chi connectivity index (χ2v) is 12.5. The molecule has 0 unspecified atom stereocenters. The third kappa shape index (κ3) is 6.17. The van der Waals surface area contributed by atoms with Crippen molar-refractivity contribution in [2.75, 3.05) is 25.1 Å². The number of nitrogens with one attached hydrogen (secondary N) is 1. The average Bonchev–Trinajstić information content (AvgIpc) is 3.63. The number of hydrogen-bond acceptors (Lipinski definition) is 9. The molecule has 4 heterocycles. The smallest absolute Gasteiger partial charge is 0.407 e. The summed E-state index contributed by atoms with van der Waals surface area (Å²) in [5.74, 6) is -0.252. The number of carbonyl (C=O) groups excluding carboxylic acids is 2. The summed E-state index contributed by atoms with van der Waals surface area (Å²) in [6.45, 7) is 4.40. The van der Waals surface area contributed by atoms with Gasteiger partial charge in [0.1, 0.15) is 23.4 Å². The van der Waals surface area contributed by atoms with Gasteiger partial charge in [-0.2, -0.15) is 9.61 Å². The topological polar surface area (TPSA) is 162 Å². The number of hydrogen-bond donors (Lipinski definition) is 2. The number of anilines is 1. The molecule has 3 N–H and O–H groups in total. The fraction of sp³-hybridized carbons (Fsp3) is 0.367. The molecule has 0 saturated carbocycles. The zero-order valence-electron chi connectivity index (χ0n) is 24.4. The molecular weight excluding hydrogens is 570 g/mol. The molecule has 1 aliphatic heterocycles. The van der Waals surface area contributed by atoms with E-state index in [4.69, 9.17) is 15.5 Å². The number of alkyl carbamates (subject to hydrolysis) is 1. The molecule has 0 aliphatic carbocycles. The minimum Gasteiger partial charge on any atom is -0.447 e. The summed E-state index contributed by atoms with van der Waals surface area (Å²) in [6, 6.07) is 12.7. The Morgan fingerprint density at radius 2 is 1.93 bits per heavy atom. The Labute approximate surface area is 250 Å². The van der Waals surface area contributed by atoms with Crippen molar-refractivity contribution < 1.29 is 22.7 Å². The molecule has 5 rings (SSSR count). The summed E-state index contributed by atoms with van der Waals surface area (Å²) in [5.41, 5.74) is 10.4. The maximum Gasteiger partial charge on any atom is 0.407 e. The summed E-state index contributed by atoms with van der Waals surface area (Å²) in [4.78, 5) is 35.9. The van der Waals surface area contributed by atoms with E-state index < -0.39 is 22.0 Å². The molecule has 0 spiro atoms. The van der Waals surface area contributed by atoms with Crippen molar-refractivity contribution in [2.45, 2.75) is 56.5 Å². The molecule has 2 amide bonds. The predicted octanol–water partition coefficient (Wildman–Crippen LogP) is 3.50. The van der Waals surface area contributed by atoms with E-state index in [1.807, 2.05) is 56.3 Å². The molecule has 0 bridgehead atoms. The van der Waals surface area contributed by atoms with Crippen molar-refractivity contribution in [2.24, 2.45) is 0 Å². The number of carbonyl (C=O) groups is 2. The number of amides is 2. The van der Waals surface area contributed by atoms with Crippen LogP contribution < -0.4 is 11.1 Å². The van der Waals surface area contributed by atoms with Crippen LogP contribution in [-0.2, 0) is 25.8 Å². The zero-order chi connectivity index (χ0) is 30.7. The molecule has 1 fully saturated rings. The van der Waals surface area contributed by atoms with Gasteiger partial charge in [-0.15, -0.1) is 0 Å². The molecule has 1 aliphatic rings. The predicted molar refractivity (Wildman–Crippen MR) is 162 cm³/mol. The van der Waals surface area contributed by atoms with Crippen LogP contribution in [0.4, 0.5) is 10.6 Å². The molecular formula is C30H35N7O5S. The molecule has 4 aromatic rings. The Kier molecular flexibility index (Phi) is 8.62. The van der Waals surface area contributed by atoms with Crippen molar-refractivity contribution in [1.29, 1.82) is 0 Å². The van der Waals surface area contributed by atoms with Gasteiger partial charge in [-0.05, 0) is 31.7 Å². The zero-order valence-corrected chi connectivity index (χ0v) is 25.2. The number of cyclic esters (lactones) is 1. The summed E-state index contributed by atoms with van der Waals surface area (Å²) >= 11 is 0. The van der Waals surface area contributed by atoms with Crippen LogP contribution in [0.3, 0.4) is 0 Å². The van der Waals surface area contributed by atoms with Crippen LogP contribution in [0.15, 0.2) is 59.8 Å². The number of sulfone groups is 1. The Balaban J connectivity index is 1.48. The Hall–Kier alpha value is -4.52. The first kappa shape index (κ1) is 30.0. The highest BCUT2D eigenvalue weighted by molar-refractivity contribution is 7.91. The number of aryl methyl sites for hydroxylation is 1. The lowest BCUT2D eigenvalue weighted by atomic mass is 10.0.